The highest BCUT2D eigenvalue weighted by Crippen LogP contribution is 2.25. The van der Waals surface area contributed by atoms with Gasteiger partial charge in [-0.15, -0.1) is 0 Å². The molecule has 1 saturated heterocycles. The zero-order chi connectivity index (χ0) is 18.6. The number of hydrogen-bond donors (Lipinski definition) is 2. The van der Waals surface area contributed by atoms with E-state index in [1.54, 1.807) is 10.9 Å². The molecule has 2 N–H and O–H groups in total. The van der Waals surface area contributed by atoms with Gasteiger partial charge in [-0.1, -0.05) is 30.3 Å². The van der Waals surface area contributed by atoms with Crippen LogP contribution >= 0.6 is 0 Å². The normalized spacial score (nSPS) is 17.7. The van der Waals surface area contributed by atoms with Gasteiger partial charge in [0.1, 0.15) is 0 Å². The zero-order valence-electron chi connectivity index (χ0n) is 15.4. The maximum atomic E-state index is 12.8. The molecule has 3 rings (SSSR count). The predicted octanol–water partition coefficient (Wildman–Crippen LogP) is 2.06. The highest BCUT2D eigenvalue weighted by atomic mass is 16.5. The Labute approximate surface area is 154 Å². The number of aromatic nitrogens is 2. The lowest BCUT2D eigenvalue weighted by Crippen LogP contribution is -2.44. The van der Waals surface area contributed by atoms with Gasteiger partial charge in [0.15, 0.2) is 0 Å². The Kier molecular flexibility index (Phi) is 5.74. The van der Waals surface area contributed by atoms with E-state index in [0.717, 1.165) is 11.3 Å². The lowest BCUT2D eigenvalue weighted by atomic mass is 9.88. The van der Waals surface area contributed by atoms with Gasteiger partial charge in [-0.25, -0.2) is 0 Å². The Balaban J connectivity index is 1.66. The van der Waals surface area contributed by atoms with Crippen molar-refractivity contribution in [2.75, 3.05) is 13.2 Å². The highest BCUT2D eigenvalue weighted by Gasteiger charge is 2.32. The smallest absolute Gasteiger partial charge is 0.254 e. The summed E-state index contributed by atoms with van der Waals surface area (Å²) in [5.74, 6) is -0.146. The summed E-state index contributed by atoms with van der Waals surface area (Å²) < 4.78 is 7.06. The molecule has 6 nitrogen and oxygen atoms in total. The molecule has 1 unspecified atom stereocenters. The Morgan fingerprint density at radius 1 is 1.35 bits per heavy atom. The van der Waals surface area contributed by atoms with Crippen molar-refractivity contribution in [3.63, 3.8) is 0 Å². The van der Waals surface area contributed by atoms with Crippen molar-refractivity contribution < 1.29 is 14.6 Å². The van der Waals surface area contributed by atoms with Crippen LogP contribution in [0.15, 0.2) is 36.5 Å². The van der Waals surface area contributed by atoms with E-state index in [1.807, 2.05) is 44.3 Å². The molecule has 6 heteroatoms. The Morgan fingerprint density at radius 2 is 2.04 bits per heavy atom. The first-order valence-corrected chi connectivity index (χ1v) is 9.13. The summed E-state index contributed by atoms with van der Waals surface area (Å²) in [5.41, 5.74) is 1.84. The SMILES string of the molecule is CC(CC1(O)CCOCC1)NC(=O)c1cnn(C)c1Cc1ccccc1. The second-order valence-electron chi connectivity index (χ2n) is 7.21. The fourth-order valence-corrected chi connectivity index (χ4v) is 3.53. The quantitative estimate of drug-likeness (QED) is 0.830. The number of carbonyl (C=O) groups is 1. The highest BCUT2D eigenvalue weighted by molar-refractivity contribution is 5.95. The van der Waals surface area contributed by atoms with Crippen molar-refractivity contribution in [3.8, 4) is 0 Å². The molecule has 0 saturated carbocycles. The summed E-state index contributed by atoms with van der Waals surface area (Å²) in [6.07, 6.45) is 4.01. The molecule has 1 aliphatic rings. The lowest BCUT2D eigenvalue weighted by Gasteiger charge is -2.34. The van der Waals surface area contributed by atoms with Gasteiger partial charge in [-0.3, -0.25) is 9.48 Å². The van der Waals surface area contributed by atoms with Gasteiger partial charge in [0.05, 0.1) is 23.1 Å². The third kappa shape index (κ3) is 4.51. The zero-order valence-corrected chi connectivity index (χ0v) is 15.4. The molecule has 0 bridgehead atoms. The van der Waals surface area contributed by atoms with Crippen molar-refractivity contribution in [1.29, 1.82) is 0 Å². The fourth-order valence-electron chi connectivity index (χ4n) is 3.53. The van der Waals surface area contributed by atoms with E-state index in [-0.39, 0.29) is 11.9 Å². The predicted molar refractivity (Wildman–Crippen MR) is 99.0 cm³/mol. The molecule has 0 spiro atoms. The fraction of sp³-hybridized carbons (Fsp3) is 0.500. The van der Waals surface area contributed by atoms with Crippen molar-refractivity contribution in [1.82, 2.24) is 15.1 Å². The van der Waals surface area contributed by atoms with Gasteiger partial charge in [0, 0.05) is 32.7 Å². The van der Waals surface area contributed by atoms with Gasteiger partial charge in [0.25, 0.3) is 5.91 Å². The minimum absolute atomic E-state index is 0.129. The number of hydrogen-bond acceptors (Lipinski definition) is 4. The summed E-state index contributed by atoms with van der Waals surface area (Å²) in [5, 5.41) is 17.9. The number of aliphatic hydroxyl groups is 1. The number of aryl methyl sites for hydroxylation is 1. The number of nitrogens with one attached hydrogen (secondary N) is 1. The van der Waals surface area contributed by atoms with Crippen LogP contribution in [0.2, 0.25) is 0 Å². The van der Waals surface area contributed by atoms with Crippen molar-refractivity contribution in [2.24, 2.45) is 7.05 Å². The number of nitrogens with zero attached hydrogens (tertiary/aromatic N) is 2. The number of rotatable bonds is 6. The van der Waals surface area contributed by atoms with Crippen LogP contribution in [0.5, 0.6) is 0 Å². The molecule has 140 valence electrons. The first-order valence-electron chi connectivity index (χ1n) is 9.13. The minimum atomic E-state index is -0.757. The van der Waals surface area contributed by atoms with Crippen LogP contribution in [0.25, 0.3) is 0 Å². The molecule has 1 aromatic carbocycles. The first-order chi connectivity index (χ1) is 12.5. The van der Waals surface area contributed by atoms with Crippen LogP contribution in [-0.4, -0.2) is 45.7 Å². The molecule has 1 fully saturated rings. The summed E-state index contributed by atoms with van der Waals surface area (Å²) in [4.78, 5) is 12.8. The van der Waals surface area contributed by atoms with Crippen molar-refractivity contribution in [3.05, 3.63) is 53.3 Å². The second kappa shape index (κ2) is 8.01. The van der Waals surface area contributed by atoms with Gasteiger partial charge >= 0.3 is 0 Å². The van der Waals surface area contributed by atoms with E-state index < -0.39 is 5.60 Å². The minimum Gasteiger partial charge on any atom is -0.390 e. The standard InChI is InChI=1S/C20H27N3O3/c1-15(13-20(25)8-10-26-11-9-20)22-19(24)17-14-21-23(2)18(17)12-16-6-4-3-5-7-16/h3-7,14-15,25H,8-13H2,1-2H3,(H,22,24). The van der Waals surface area contributed by atoms with Crippen molar-refractivity contribution >= 4 is 5.91 Å². The third-order valence-electron chi connectivity index (χ3n) is 5.01. The topological polar surface area (TPSA) is 76.4 Å². The molecule has 1 atom stereocenters. The number of amides is 1. The molecule has 2 aromatic rings. The number of ether oxygens (including phenoxy) is 1. The Hall–Kier alpha value is -2.18. The molecule has 1 aromatic heterocycles. The van der Waals surface area contributed by atoms with Gasteiger partial charge in [-0.2, -0.15) is 5.10 Å². The molecule has 1 aliphatic heterocycles. The van der Waals surface area contributed by atoms with Crippen LogP contribution in [0.4, 0.5) is 0 Å². The van der Waals surface area contributed by atoms with E-state index >= 15 is 0 Å². The molecule has 2 heterocycles. The van der Waals surface area contributed by atoms with E-state index in [4.69, 9.17) is 4.74 Å². The molecule has 0 radical (unpaired) electrons. The maximum absolute atomic E-state index is 12.8. The van der Waals surface area contributed by atoms with E-state index in [0.29, 0.717) is 44.5 Å². The summed E-state index contributed by atoms with van der Waals surface area (Å²) >= 11 is 0. The Morgan fingerprint density at radius 3 is 2.73 bits per heavy atom. The molecule has 0 aliphatic carbocycles. The summed E-state index contributed by atoms with van der Waals surface area (Å²) in [6.45, 7) is 3.07. The van der Waals surface area contributed by atoms with Gasteiger partial charge < -0.3 is 15.2 Å². The summed E-state index contributed by atoms with van der Waals surface area (Å²) in [7, 11) is 1.85. The average molecular weight is 357 g/mol. The van der Waals surface area contributed by atoms with E-state index in [9.17, 15) is 9.90 Å². The maximum Gasteiger partial charge on any atom is 0.254 e. The Bertz CT molecular complexity index is 736. The van der Waals surface area contributed by atoms with E-state index in [2.05, 4.69) is 10.4 Å². The molecular weight excluding hydrogens is 330 g/mol. The number of carbonyl (C=O) groups excluding carboxylic acids is 1. The molecule has 1 amide bonds. The second-order valence-corrected chi connectivity index (χ2v) is 7.21. The van der Waals surface area contributed by atoms with Crippen molar-refractivity contribution in [2.45, 2.75) is 44.2 Å². The molecule has 26 heavy (non-hydrogen) atoms. The third-order valence-corrected chi connectivity index (χ3v) is 5.01. The lowest BCUT2D eigenvalue weighted by molar-refractivity contribution is -0.0714. The van der Waals surface area contributed by atoms with Crippen LogP contribution in [0, 0.1) is 0 Å². The van der Waals surface area contributed by atoms with Crippen LogP contribution < -0.4 is 5.32 Å². The molecular formula is C20H27N3O3. The van der Waals surface area contributed by atoms with Gasteiger partial charge in [-0.05, 0) is 31.7 Å². The van der Waals surface area contributed by atoms with Crippen LogP contribution in [-0.2, 0) is 18.2 Å². The number of benzene rings is 1. The monoisotopic (exact) mass is 357 g/mol. The first kappa shape index (κ1) is 18.6. The van der Waals surface area contributed by atoms with Gasteiger partial charge in [0.2, 0.25) is 0 Å². The average Bonchev–Trinajstić information content (AvgIpc) is 2.96. The van der Waals surface area contributed by atoms with Crippen LogP contribution in [0.3, 0.4) is 0 Å². The largest absolute Gasteiger partial charge is 0.390 e. The van der Waals surface area contributed by atoms with E-state index in [1.165, 1.54) is 0 Å². The van der Waals surface area contributed by atoms with Crippen LogP contribution in [0.1, 0.15) is 47.8 Å². The summed E-state index contributed by atoms with van der Waals surface area (Å²) in [6, 6.07) is 9.90.